The number of methoxy groups -OCH3 is 1. The Balaban J connectivity index is 2.16. The van der Waals surface area contributed by atoms with Gasteiger partial charge in [-0.05, 0) is 18.9 Å². The molecule has 0 aliphatic rings. The van der Waals surface area contributed by atoms with Crippen molar-refractivity contribution in [2.45, 2.75) is 12.8 Å². The van der Waals surface area contributed by atoms with Gasteiger partial charge in [0.25, 0.3) is 0 Å². The van der Waals surface area contributed by atoms with Crippen LogP contribution in [0.4, 0.5) is 5.69 Å². The van der Waals surface area contributed by atoms with Crippen LogP contribution in [-0.2, 0) is 11.2 Å². The summed E-state index contributed by atoms with van der Waals surface area (Å²) in [6.07, 6.45) is 5.90. The van der Waals surface area contributed by atoms with Crippen molar-refractivity contribution < 1.29 is 4.74 Å². The number of hydrogen-bond donors (Lipinski definition) is 1. The Bertz CT molecular complexity index is 450. The van der Waals surface area contributed by atoms with Crippen LogP contribution in [0.5, 0.6) is 0 Å². The van der Waals surface area contributed by atoms with E-state index in [4.69, 9.17) is 10.5 Å². The lowest BCUT2D eigenvalue weighted by Gasteiger charge is -1.94. The Morgan fingerprint density at radius 3 is 3.20 bits per heavy atom. The van der Waals surface area contributed by atoms with Crippen molar-refractivity contribution in [1.29, 1.82) is 0 Å². The number of imidazole rings is 1. The number of pyridine rings is 1. The fourth-order valence-corrected chi connectivity index (χ4v) is 1.57. The molecule has 2 rings (SSSR count). The number of nitrogen functional groups attached to an aromatic ring is 1. The minimum atomic E-state index is 0.747. The van der Waals surface area contributed by atoms with Gasteiger partial charge in [0.05, 0.1) is 5.69 Å². The Morgan fingerprint density at radius 1 is 1.53 bits per heavy atom. The van der Waals surface area contributed by atoms with E-state index in [-0.39, 0.29) is 0 Å². The van der Waals surface area contributed by atoms with E-state index in [1.807, 2.05) is 28.9 Å². The molecule has 15 heavy (non-hydrogen) atoms. The monoisotopic (exact) mass is 205 g/mol. The summed E-state index contributed by atoms with van der Waals surface area (Å²) in [6.45, 7) is 0.774. The molecule has 0 saturated heterocycles. The van der Waals surface area contributed by atoms with Gasteiger partial charge in [0.2, 0.25) is 0 Å². The molecule has 80 valence electrons. The Hall–Kier alpha value is -1.55. The van der Waals surface area contributed by atoms with E-state index in [0.29, 0.717) is 0 Å². The molecule has 0 fully saturated rings. The van der Waals surface area contributed by atoms with E-state index in [1.54, 1.807) is 7.11 Å². The normalized spacial score (nSPS) is 11.0. The molecule has 2 heterocycles. The molecule has 0 radical (unpaired) electrons. The predicted molar refractivity (Wildman–Crippen MR) is 59.8 cm³/mol. The third-order valence-electron chi connectivity index (χ3n) is 2.32. The average molecular weight is 205 g/mol. The van der Waals surface area contributed by atoms with Crippen LogP contribution in [-0.4, -0.2) is 23.1 Å². The molecule has 0 aliphatic heterocycles. The summed E-state index contributed by atoms with van der Waals surface area (Å²) in [6, 6.07) is 3.74. The lowest BCUT2D eigenvalue weighted by molar-refractivity contribution is 0.195. The van der Waals surface area contributed by atoms with Crippen molar-refractivity contribution in [3.05, 3.63) is 30.2 Å². The predicted octanol–water partition coefficient (Wildman–Crippen LogP) is 1.50. The van der Waals surface area contributed by atoms with Gasteiger partial charge in [0, 0.05) is 37.9 Å². The van der Waals surface area contributed by atoms with Crippen molar-refractivity contribution in [3.63, 3.8) is 0 Å². The summed E-state index contributed by atoms with van der Waals surface area (Å²) >= 11 is 0. The van der Waals surface area contributed by atoms with E-state index < -0.39 is 0 Å². The van der Waals surface area contributed by atoms with Crippen LogP contribution >= 0.6 is 0 Å². The molecule has 0 saturated carbocycles. The highest BCUT2D eigenvalue weighted by atomic mass is 16.5. The zero-order valence-electron chi connectivity index (χ0n) is 8.81. The van der Waals surface area contributed by atoms with Crippen molar-refractivity contribution in [1.82, 2.24) is 9.38 Å². The van der Waals surface area contributed by atoms with E-state index in [2.05, 4.69) is 4.98 Å². The number of fused-ring (bicyclic) bond motifs is 1. The van der Waals surface area contributed by atoms with Gasteiger partial charge >= 0.3 is 0 Å². The van der Waals surface area contributed by atoms with Crippen LogP contribution in [0, 0.1) is 0 Å². The zero-order chi connectivity index (χ0) is 10.7. The number of aromatic nitrogens is 2. The summed E-state index contributed by atoms with van der Waals surface area (Å²) in [5, 5.41) is 0. The van der Waals surface area contributed by atoms with E-state index >= 15 is 0 Å². The number of ether oxygens (including phenoxy) is 1. The second-order valence-electron chi connectivity index (χ2n) is 3.55. The highest BCUT2D eigenvalue weighted by molar-refractivity contribution is 5.52. The molecule has 0 aliphatic carbocycles. The fraction of sp³-hybridized carbons (Fsp3) is 0.364. The Morgan fingerprint density at radius 2 is 2.40 bits per heavy atom. The smallest absolute Gasteiger partial charge is 0.139 e. The molecule has 0 unspecified atom stereocenters. The van der Waals surface area contributed by atoms with E-state index in [0.717, 1.165) is 36.5 Å². The van der Waals surface area contributed by atoms with E-state index in [9.17, 15) is 0 Å². The van der Waals surface area contributed by atoms with Crippen LogP contribution in [0.2, 0.25) is 0 Å². The largest absolute Gasteiger partial charge is 0.399 e. The lowest BCUT2D eigenvalue weighted by Crippen LogP contribution is -1.92. The Labute approximate surface area is 88.7 Å². The number of rotatable bonds is 4. The number of aryl methyl sites for hydroxylation is 1. The third kappa shape index (κ3) is 2.27. The maximum absolute atomic E-state index is 5.68. The average Bonchev–Trinajstić information content (AvgIpc) is 2.60. The molecule has 0 aromatic carbocycles. The maximum atomic E-state index is 5.68. The van der Waals surface area contributed by atoms with Crippen LogP contribution < -0.4 is 5.73 Å². The van der Waals surface area contributed by atoms with Gasteiger partial charge in [-0.25, -0.2) is 4.98 Å². The molecule has 2 N–H and O–H groups in total. The topological polar surface area (TPSA) is 52.5 Å². The molecule has 0 spiro atoms. The summed E-state index contributed by atoms with van der Waals surface area (Å²) < 4.78 is 6.99. The quantitative estimate of drug-likeness (QED) is 0.769. The molecule has 0 amide bonds. The van der Waals surface area contributed by atoms with Crippen LogP contribution in [0.15, 0.2) is 24.5 Å². The minimum absolute atomic E-state index is 0.747. The second kappa shape index (κ2) is 4.31. The summed E-state index contributed by atoms with van der Waals surface area (Å²) in [5.41, 5.74) is 8.41. The molecule has 0 bridgehead atoms. The van der Waals surface area contributed by atoms with Gasteiger partial charge < -0.3 is 14.9 Å². The number of anilines is 1. The molecule has 4 nitrogen and oxygen atoms in total. The molecule has 2 aromatic heterocycles. The molecular weight excluding hydrogens is 190 g/mol. The van der Waals surface area contributed by atoms with Crippen molar-refractivity contribution >= 4 is 11.3 Å². The minimum Gasteiger partial charge on any atom is -0.399 e. The van der Waals surface area contributed by atoms with Crippen molar-refractivity contribution in [2.24, 2.45) is 0 Å². The summed E-state index contributed by atoms with van der Waals surface area (Å²) in [5.74, 6) is 0. The maximum Gasteiger partial charge on any atom is 0.139 e. The molecule has 2 aromatic rings. The van der Waals surface area contributed by atoms with Gasteiger partial charge in [0.15, 0.2) is 0 Å². The van der Waals surface area contributed by atoms with Crippen LogP contribution in [0.3, 0.4) is 0 Å². The first kappa shape index (κ1) is 9.98. The second-order valence-corrected chi connectivity index (χ2v) is 3.55. The third-order valence-corrected chi connectivity index (χ3v) is 2.32. The standard InChI is InChI=1S/C11H15N3O/c1-15-6-2-3-10-8-14-5-4-9(12)7-11(14)13-10/h4-5,7-8H,2-3,6,12H2,1H3. The van der Waals surface area contributed by atoms with Gasteiger partial charge in [-0.3, -0.25) is 0 Å². The van der Waals surface area contributed by atoms with Gasteiger partial charge in [0.1, 0.15) is 5.65 Å². The Kier molecular flexibility index (Phi) is 2.87. The summed E-state index contributed by atoms with van der Waals surface area (Å²) in [4.78, 5) is 4.47. The SMILES string of the molecule is COCCCc1cn2ccc(N)cc2n1. The highest BCUT2D eigenvalue weighted by Gasteiger charge is 2.01. The molecule has 0 atom stereocenters. The summed E-state index contributed by atoms with van der Waals surface area (Å²) in [7, 11) is 1.71. The van der Waals surface area contributed by atoms with Crippen molar-refractivity contribution in [3.8, 4) is 0 Å². The van der Waals surface area contributed by atoms with Crippen LogP contribution in [0.25, 0.3) is 5.65 Å². The molecule has 4 heteroatoms. The first-order valence-electron chi connectivity index (χ1n) is 5.01. The first-order valence-corrected chi connectivity index (χ1v) is 5.01. The van der Waals surface area contributed by atoms with Gasteiger partial charge in [-0.1, -0.05) is 0 Å². The van der Waals surface area contributed by atoms with E-state index in [1.165, 1.54) is 0 Å². The first-order chi connectivity index (χ1) is 7.29. The van der Waals surface area contributed by atoms with Gasteiger partial charge in [-0.2, -0.15) is 0 Å². The van der Waals surface area contributed by atoms with Crippen LogP contribution in [0.1, 0.15) is 12.1 Å². The molecular formula is C11H15N3O. The van der Waals surface area contributed by atoms with Gasteiger partial charge in [-0.15, -0.1) is 0 Å². The number of hydrogen-bond acceptors (Lipinski definition) is 3. The number of nitrogens with zero attached hydrogens (tertiary/aromatic N) is 2. The highest BCUT2D eigenvalue weighted by Crippen LogP contribution is 2.10. The number of nitrogens with two attached hydrogens (primary N) is 1. The zero-order valence-corrected chi connectivity index (χ0v) is 8.81. The van der Waals surface area contributed by atoms with Crippen molar-refractivity contribution in [2.75, 3.05) is 19.5 Å². The fourth-order valence-electron chi connectivity index (χ4n) is 1.57. The lowest BCUT2D eigenvalue weighted by atomic mass is 10.3.